The average molecular weight is 561 g/mol. The third-order valence-electron chi connectivity index (χ3n) is 6.82. The number of carbonyl (C=O) groups excluding carboxylic acids is 1. The number of rotatable bonds is 8. The molecule has 0 bridgehead atoms. The highest BCUT2D eigenvalue weighted by atomic mass is 32.1. The summed E-state index contributed by atoms with van der Waals surface area (Å²) in [7, 11) is 0. The molecule has 0 saturated carbocycles. The van der Waals surface area contributed by atoms with E-state index >= 15 is 0 Å². The zero-order valence-corrected chi connectivity index (χ0v) is 23.0. The molecule has 1 amide bonds. The Morgan fingerprint density at radius 3 is 3.00 bits per heavy atom. The SMILES string of the molecule is Cc1cn2c(-c3cnn(CC(=O)Nc4ccncc4F)c3)cnc2c(Nc2cc(CN3CCC[C@H](C)C3)ns2)n1. The number of nitrogens with zero attached hydrogens (tertiary/aromatic N) is 8. The van der Waals surface area contributed by atoms with Crippen LogP contribution in [0.2, 0.25) is 0 Å². The Morgan fingerprint density at radius 1 is 1.25 bits per heavy atom. The van der Waals surface area contributed by atoms with Crippen LogP contribution in [0.25, 0.3) is 16.9 Å². The van der Waals surface area contributed by atoms with Crippen molar-refractivity contribution in [2.24, 2.45) is 5.92 Å². The van der Waals surface area contributed by atoms with Crippen LogP contribution >= 0.6 is 11.5 Å². The van der Waals surface area contributed by atoms with Gasteiger partial charge >= 0.3 is 0 Å². The molecule has 1 aliphatic heterocycles. The Labute approximate surface area is 234 Å². The molecule has 206 valence electrons. The summed E-state index contributed by atoms with van der Waals surface area (Å²) < 4.78 is 21.9. The molecule has 0 radical (unpaired) electrons. The van der Waals surface area contributed by atoms with E-state index in [0.29, 0.717) is 11.5 Å². The van der Waals surface area contributed by atoms with Crippen molar-refractivity contribution in [3.63, 3.8) is 0 Å². The maximum absolute atomic E-state index is 13.8. The van der Waals surface area contributed by atoms with Crippen molar-refractivity contribution in [1.29, 1.82) is 0 Å². The van der Waals surface area contributed by atoms with Crippen molar-refractivity contribution in [3.05, 3.63) is 66.5 Å². The lowest BCUT2D eigenvalue weighted by Crippen LogP contribution is -2.33. The first-order chi connectivity index (χ1) is 19.4. The minimum Gasteiger partial charge on any atom is -0.328 e. The number of anilines is 3. The molecular weight excluding hydrogens is 531 g/mol. The van der Waals surface area contributed by atoms with Gasteiger partial charge in [0.1, 0.15) is 11.5 Å². The lowest BCUT2D eigenvalue weighted by atomic mass is 10.0. The summed E-state index contributed by atoms with van der Waals surface area (Å²) in [4.78, 5) is 27.9. The quantitative estimate of drug-likeness (QED) is 0.285. The van der Waals surface area contributed by atoms with E-state index in [1.165, 1.54) is 41.3 Å². The number of halogens is 1. The largest absolute Gasteiger partial charge is 0.328 e. The fourth-order valence-electron chi connectivity index (χ4n) is 5.02. The second-order valence-electron chi connectivity index (χ2n) is 10.2. The van der Waals surface area contributed by atoms with Crippen LogP contribution in [0.4, 0.5) is 20.9 Å². The van der Waals surface area contributed by atoms with Gasteiger partial charge < -0.3 is 10.6 Å². The number of piperidine rings is 1. The number of hydrogen-bond donors (Lipinski definition) is 2. The van der Waals surface area contributed by atoms with Gasteiger partial charge in [0.25, 0.3) is 0 Å². The number of amides is 1. The van der Waals surface area contributed by atoms with E-state index in [1.54, 1.807) is 18.6 Å². The first-order valence-electron chi connectivity index (χ1n) is 13.1. The van der Waals surface area contributed by atoms with Crippen molar-refractivity contribution in [2.45, 2.75) is 39.8 Å². The second-order valence-corrected chi connectivity index (χ2v) is 11.0. The Morgan fingerprint density at radius 2 is 2.15 bits per heavy atom. The van der Waals surface area contributed by atoms with Gasteiger partial charge in [0.2, 0.25) is 5.91 Å². The molecule has 6 rings (SSSR count). The van der Waals surface area contributed by atoms with Crippen molar-refractivity contribution in [1.82, 2.24) is 38.4 Å². The number of likely N-dealkylation sites (tertiary alicyclic amines) is 1. The van der Waals surface area contributed by atoms with Crippen LogP contribution in [-0.2, 0) is 17.9 Å². The first-order valence-corrected chi connectivity index (χ1v) is 13.9. The highest BCUT2D eigenvalue weighted by molar-refractivity contribution is 7.10. The van der Waals surface area contributed by atoms with E-state index in [2.05, 4.69) is 48.0 Å². The van der Waals surface area contributed by atoms with Gasteiger partial charge in [-0.25, -0.2) is 14.4 Å². The van der Waals surface area contributed by atoms with Crippen LogP contribution in [-0.4, -0.2) is 57.4 Å². The number of fused-ring (bicyclic) bond motifs is 1. The average Bonchev–Trinajstić information content (AvgIpc) is 3.66. The molecule has 1 aliphatic rings. The molecule has 0 aliphatic carbocycles. The van der Waals surface area contributed by atoms with Crippen LogP contribution in [0, 0.1) is 18.7 Å². The standard InChI is InChI=1S/C27H29FN10OS/c1-17-4-3-7-36(12-17)15-20-8-25(40-35-20)34-26-27-30-11-23(38(27)13-18(2)32-26)19-9-31-37(14-19)16-24(39)33-22-5-6-29-10-21(22)28/h5-6,8-11,13-14,17H,3-4,7,12,15-16H2,1-2H3,(H,32,34)(H,29,33,39)/t17-/m0/s1. The summed E-state index contributed by atoms with van der Waals surface area (Å²) in [5.74, 6) is 0.370. The zero-order chi connectivity index (χ0) is 27.6. The minimum atomic E-state index is -0.595. The smallest absolute Gasteiger partial charge is 0.246 e. The third kappa shape index (κ3) is 5.70. The summed E-state index contributed by atoms with van der Waals surface area (Å²) in [6.45, 7) is 7.24. The summed E-state index contributed by atoms with van der Waals surface area (Å²) in [5.41, 5.74) is 4.19. The van der Waals surface area contributed by atoms with Crippen LogP contribution < -0.4 is 10.6 Å². The summed E-state index contributed by atoms with van der Waals surface area (Å²) in [6.07, 6.45) is 12.1. The van der Waals surface area contributed by atoms with Crippen molar-refractivity contribution < 1.29 is 9.18 Å². The van der Waals surface area contributed by atoms with Crippen LogP contribution in [0.5, 0.6) is 0 Å². The topological polar surface area (TPSA) is 118 Å². The van der Waals surface area contributed by atoms with Gasteiger partial charge in [-0.2, -0.15) is 9.47 Å². The zero-order valence-electron chi connectivity index (χ0n) is 22.2. The molecule has 0 unspecified atom stereocenters. The lowest BCUT2D eigenvalue weighted by Gasteiger charge is -2.30. The fraction of sp³-hybridized carbons (Fsp3) is 0.333. The van der Waals surface area contributed by atoms with Crippen LogP contribution in [0.15, 0.2) is 49.3 Å². The predicted molar refractivity (Wildman–Crippen MR) is 151 cm³/mol. The van der Waals surface area contributed by atoms with E-state index in [4.69, 9.17) is 4.98 Å². The number of aryl methyl sites for hydroxylation is 1. The minimum absolute atomic E-state index is 0.0735. The van der Waals surface area contributed by atoms with E-state index in [1.807, 2.05) is 17.5 Å². The van der Waals surface area contributed by atoms with Gasteiger partial charge in [-0.15, -0.1) is 0 Å². The summed E-state index contributed by atoms with van der Waals surface area (Å²) in [6, 6.07) is 3.49. The Kier molecular flexibility index (Phi) is 7.22. The van der Waals surface area contributed by atoms with Crippen molar-refractivity contribution >= 4 is 39.6 Å². The number of pyridine rings is 1. The van der Waals surface area contributed by atoms with E-state index < -0.39 is 11.7 Å². The number of imidazole rings is 1. The highest BCUT2D eigenvalue weighted by Crippen LogP contribution is 2.28. The number of nitrogens with one attached hydrogen (secondary N) is 2. The number of hydrogen-bond acceptors (Lipinski definition) is 9. The summed E-state index contributed by atoms with van der Waals surface area (Å²) >= 11 is 1.42. The molecule has 2 N–H and O–H groups in total. The monoisotopic (exact) mass is 560 g/mol. The van der Waals surface area contributed by atoms with Crippen LogP contribution in [0.3, 0.4) is 0 Å². The molecule has 0 aromatic carbocycles. The van der Waals surface area contributed by atoms with Crippen LogP contribution in [0.1, 0.15) is 31.2 Å². The Bertz CT molecular complexity index is 1660. The molecule has 0 spiro atoms. The molecular formula is C27H29FN10OS. The second kappa shape index (κ2) is 11.1. The van der Waals surface area contributed by atoms with Gasteiger partial charge in [0.15, 0.2) is 17.3 Å². The molecule has 1 fully saturated rings. The predicted octanol–water partition coefficient (Wildman–Crippen LogP) is 4.51. The normalized spacial score (nSPS) is 15.9. The van der Waals surface area contributed by atoms with Crippen molar-refractivity contribution in [2.75, 3.05) is 23.7 Å². The molecule has 5 aromatic heterocycles. The maximum atomic E-state index is 13.8. The molecule has 5 aromatic rings. The molecule has 1 saturated heterocycles. The van der Waals surface area contributed by atoms with Gasteiger partial charge in [0.05, 0.1) is 41.4 Å². The van der Waals surface area contributed by atoms with Crippen molar-refractivity contribution in [3.8, 4) is 11.3 Å². The van der Waals surface area contributed by atoms with E-state index in [-0.39, 0.29) is 12.2 Å². The first kappa shape index (κ1) is 26.0. The number of aromatic nitrogens is 7. The number of carbonyl (C=O) groups is 1. The molecule has 6 heterocycles. The van der Waals surface area contributed by atoms with Gasteiger partial charge in [-0.3, -0.25) is 23.8 Å². The Balaban J connectivity index is 1.17. The molecule has 1 atom stereocenters. The van der Waals surface area contributed by atoms with Gasteiger partial charge in [-0.05, 0) is 55.9 Å². The molecule has 11 nitrogen and oxygen atoms in total. The van der Waals surface area contributed by atoms with Gasteiger partial charge in [0, 0.05) is 37.2 Å². The molecule has 40 heavy (non-hydrogen) atoms. The van der Waals surface area contributed by atoms with E-state index in [0.717, 1.165) is 59.4 Å². The van der Waals surface area contributed by atoms with E-state index in [9.17, 15) is 9.18 Å². The Hall–Kier alpha value is -4.23. The van der Waals surface area contributed by atoms with Gasteiger partial charge in [-0.1, -0.05) is 6.92 Å². The fourth-order valence-corrected chi connectivity index (χ4v) is 5.68. The third-order valence-corrected chi connectivity index (χ3v) is 7.56. The highest BCUT2D eigenvalue weighted by Gasteiger charge is 2.19. The summed E-state index contributed by atoms with van der Waals surface area (Å²) in [5, 5.41) is 11.2. The molecule has 13 heteroatoms. The lowest BCUT2D eigenvalue weighted by molar-refractivity contribution is -0.116. The maximum Gasteiger partial charge on any atom is 0.246 e.